The van der Waals surface area contributed by atoms with Crippen LogP contribution in [0.15, 0.2) is 83.9 Å². The SMILES string of the molecule is CCN(CC)CCNS(=O)c1ccc(CN(CCc2c[nH]c3ccccc23)C2CCc3cc(/C=C/C(=O)NO)ccc32)cc1. The van der Waals surface area contributed by atoms with Crippen LogP contribution in [-0.2, 0) is 35.2 Å². The number of fused-ring (bicyclic) bond motifs is 2. The summed E-state index contributed by atoms with van der Waals surface area (Å²) in [6.45, 7) is 9.50. The monoisotopic (exact) mass is 613 g/mol. The topological polar surface area (TPSA) is 101 Å². The van der Waals surface area contributed by atoms with Crippen molar-refractivity contribution < 1.29 is 14.2 Å². The molecule has 9 heteroatoms. The molecule has 0 fully saturated rings. The van der Waals surface area contributed by atoms with E-state index in [0.29, 0.717) is 6.54 Å². The number of aromatic amines is 1. The number of rotatable bonds is 15. The summed E-state index contributed by atoms with van der Waals surface area (Å²) in [4.78, 5) is 20.5. The van der Waals surface area contributed by atoms with E-state index in [-0.39, 0.29) is 6.04 Å². The molecule has 1 aromatic heterocycles. The third-order valence-electron chi connectivity index (χ3n) is 8.61. The Hall–Kier alpha value is -3.60. The van der Waals surface area contributed by atoms with Gasteiger partial charge in [0, 0.05) is 55.4 Å². The quantitative estimate of drug-likeness (QED) is 0.0821. The highest BCUT2D eigenvalue weighted by Crippen LogP contribution is 2.37. The maximum atomic E-state index is 12.9. The summed E-state index contributed by atoms with van der Waals surface area (Å²) in [7, 11) is -1.24. The Labute approximate surface area is 262 Å². The number of carbonyl (C=O) groups is 1. The summed E-state index contributed by atoms with van der Waals surface area (Å²) in [5, 5.41) is 10.1. The van der Waals surface area contributed by atoms with E-state index in [2.05, 4.69) is 88.1 Å². The molecule has 1 amide bonds. The van der Waals surface area contributed by atoms with Crippen molar-refractivity contribution in [2.24, 2.45) is 0 Å². The molecule has 0 saturated carbocycles. The third-order valence-corrected chi connectivity index (χ3v) is 9.78. The Bertz CT molecular complexity index is 1600. The number of hydrogen-bond donors (Lipinski definition) is 4. The highest BCUT2D eigenvalue weighted by atomic mass is 32.2. The number of hydroxylamine groups is 1. The van der Waals surface area contributed by atoms with Crippen molar-refractivity contribution in [1.82, 2.24) is 25.0 Å². The first-order chi connectivity index (χ1) is 21.5. The van der Waals surface area contributed by atoms with E-state index < -0.39 is 16.9 Å². The van der Waals surface area contributed by atoms with Crippen molar-refractivity contribution in [3.63, 3.8) is 0 Å². The number of nitrogens with zero attached hydrogens (tertiary/aromatic N) is 2. The highest BCUT2D eigenvalue weighted by Gasteiger charge is 2.28. The van der Waals surface area contributed by atoms with Crippen LogP contribution < -0.4 is 10.2 Å². The van der Waals surface area contributed by atoms with Gasteiger partial charge < -0.3 is 9.88 Å². The van der Waals surface area contributed by atoms with Crippen molar-refractivity contribution in [3.8, 4) is 0 Å². The van der Waals surface area contributed by atoms with Crippen molar-refractivity contribution in [2.75, 3.05) is 32.7 Å². The lowest BCUT2D eigenvalue weighted by molar-refractivity contribution is -0.124. The highest BCUT2D eigenvalue weighted by molar-refractivity contribution is 7.83. The minimum Gasteiger partial charge on any atom is -0.361 e. The summed E-state index contributed by atoms with van der Waals surface area (Å²) in [5.74, 6) is -0.544. The van der Waals surface area contributed by atoms with Gasteiger partial charge in [0.15, 0.2) is 0 Å². The van der Waals surface area contributed by atoms with Crippen LogP contribution in [0.5, 0.6) is 0 Å². The third kappa shape index (κ3) is 7.91. The first-order valence-electron chi connectivity index (χ1n) is 15.5. The number of aryl methyl sites for hydroxylation is 1. The number of para-hydroxylation sites is 1. The lowest BCUT2D eigenvalue weighted by Crippen LogP contribution is -2.32. The van der Waals surface area contributed by atoms with E-state index in [4.69, 9.17) is 5.21 Å². The number of amides is 1. The molecule has 0 spiro atoms. The summed E-state index contributed by atoms with van der Waals surface area (Å²) in [5.41, 5.74) is 8.85. The second-order valence-electron chi connectivity index (χ2n) is 11.2. The van der Waals surface area contributed by atoms with Gasteiger partial charge in [0.1, 0.15) is 11.0 Å². The number of aromatic nitrogens is 1. The van der Waals surface area contributed by atoms with Crippen LogP contribution in [0.4, 0.5) is 0 Å². The van der Waals surface area contributed by atoms with Crippen LogP contribution in [0.25, 0.3) is 17.0 Å². The number of carbonyl (C=O) groups excluding carboxylic acids is 1. The fraction of sp³-hybridized carbons (Fsp3) is 0.343. The standard InChI is InChI=1S/C35H43N5O3S/c1-3-39(4-2)22-20-37-44(43)30-14-9-27(10-15-30)25-40(21-19-29-24-36-33-8-6-5-7-31(29)33)34-17-13-28-23-26(11-16-32(28)34)12-18-35(41)38-42/h5-12,14-16,18,23-24,34,36-37,42H,3-4,13,17,19-22,25H2,1-2H3,(H,38,41)/b18-12+. The van der Waals surface area contributed by atoms with Gasteiger partial charge in [-0.2, -0.15) is 0 Å². The van der Waals surface area contributed by atoms with Crippen molar-refractivity contribution in [3.05, 3.63) is 107 Å². The maximum Gasteiger partial charge on any atom is 0.267 e. The molecule has 3 aromatic carbocycles. The minimum absolute atomic E-state index is 0.268. The fourth-order valence-corrected chi connectivity index (χ4v) is 6.95. The first-order valence-corrected chi connectivity index (χ1v) is 16.6. The molecular formula is C35H43N5O3S. The lowest BCUT2D eigenvalue weighted by Gasteiger charge is -2.30. The van der Waals surface area contributed by atoms with Gasteiger partial charge in [-0.1, -0.05) is 62.4 Å². The zero-order valence-corrected chi connectivity index (χ0v) is 26.4. The van der Waals surface area contributed by atoms with Crippen LogP contribution >= 0.6 is 0 Å². The molecule has 0 aliphatic heterocycles. The van der Waals surface area contributed by atoms with Gasteiger partial charge in [-0.15, -0.1) is 0 Å². The second kappa shape index (κ2) is 15.4. The van der Waals surface area contributed by atoms with E-state index in [1.54, 1.807) is 11.6 Å². The van der Waals surface area contributed by atoms with E-state index in [0.717, 1.165) is 68.0 Å². The predicted octanol–water partition coefficient (Wildman–Crippen LogP) is 5.37. The molecule has 1 aliphatic carbocycles. The molecule has 1 aliphatic rings. The second-order valence-corrected chi connectivity index (χ2v) is 12.5. The summed E-state index contributed by atoms with van der Waals surface area (Å²) >= 11 is 0. The van der Waals surface area contributed by atoms with Gasteiger partial charge in [0.25, 0.3) is 5.91 Å². The maximum absolute atomic E-state index is 12.9. The van der Waals surface area contributed by atoms with Crippen molar-refractivity contribution >= 4 is 33.9 Å². The Kier molecular flexibility index (Phi) is 11.1. The van der Waals surface area contributed by atoms with Crippen LogP contribution in [0.3, 0.4) is 0 Å². The molecule has 4 N–H and O–H groups in total. The van der Waals surface area contributed by atoms with Gasteiger partial charge in [0.05, 0.1) is 4.90 Å². The molecular weight excluding hydrogens is 570 g/mol. The average Bonchev–Trinajstić information content (AvgIpc) is 3.68. The molecule has 0 radical (unpaired) electrons. The van der Waals surface area contributed by atoms with E-state index >= 15 is 0 Å². The normalized spacial score (nSPS) is 15.4. The minimum atomic E-state index is -1.24. The number of H-pyrrole nitrogens is 1. The fourth-order valence-electron chi connectivity index (χ4n) is 6.13. The Morgan fingerprint density at radius 2 is 1.86 bits per heavy atom. The van der Waals surface area contributed by atoms with E-state index in [1.807, 2.05) is 18.2 Å². The largest absolute Gasteiger partial charge is 0.361 e. The average molecular weight is 614 g/mol. The molecule has 1 heterocycles. The zero-order chi connectivity index (χ0) is 30.9. The molecule has 2 unspecified atom stereocenters. The molecule has 232 valence electrons. The molecule has 0 bridgehead atoms. The molecule has 44 heavy (non-hydrogen) atoms. The zero-order valence-electron chi connectivity index (χ0n) is 25.6. The van der Waals surface area contributed by atoms with E-state index in [1.165, 1.54) is 33.7 Å². The molecule has 5 rings (SSSR count). The van der Waals surface area contributed by atoms with Crippen LogP contribution in [0, 0.1) is 0 Å². The number of likely N-dealkylation sites (N-methyl/N-ethyl adjacent to an activating group) is 1. The summed E-state index contributed by atoms with van der Waals surface area (Å²) < 4.78 is 16.0. The molecule has 2 atom stereocenters. The lowest BCUT2D eigenvalue weighted by atomic mass is 10.0. The van der Waals surface area contributed by atoms with Crippen LogP contribution in [0.2, 0.25) is 0 Å². The van der Waals surface area contributed by atoms with Crippen LogP contribution in [0.1, 0.15) is 54.1 Å². The van der Waals surface area contributed by atoms with Gasteiger partial charge in [-0.05, 0) is 84.4 Å². The van der Waals surface area contributed by atoms with Crippen molar-refractivity contribution in [1.29, 1.82) is 0 Å². The van der Waals surface area contributed by atoms with Gasteiger partial charge in [0.2, 0.25) is 0 Å². The van der Waals surface area contributed by atoms with Gasteiger partial charge in [-0.3, -0.25) is 14.9 Å². The number of benzene rings is 3. The Morgan fingerprint density at radius 1 is 1.07 bits per heavy atom. The first kappa shape index (κ1) is 31.8. The Morgan fingerprint density at radius 3 is 2.64 bits per heavy atom. The van der Waals surface area contributed by atoms with Gasteiger partial charge in [-0.25, -0.2) is 14.4 Å². The van der Waals surface area contributed by atoms with E-state index in [9.17, 15) is 9.00 Å². The number of nitrogens with one attached hydrogen (secondary N) is 3. The molecule has 0 saturated heterocycles. The van der Waals surface area contributed by atoms with Gasteiger partial charge >= 0.3 is 0 Å². The smallest absolute Gasteiger partial charge is 0.267 e. The summed E-state index contributed by atoms with van der Waals surface area (Å²) in [6, 6.07) is 23.2. The molecule has 8 nitrogen and oxygen atoms in total. The predicted molar refractivity (Wildman–Crippen MR) is 178 cm³/mol. The van der Waals surface area contributed by atoms with Crippen molar-refractivity contribution in [2.45, 2.75) is 50.6 Å². The molecule has 4 aromatic rings. The number of hydrogen-bond acceptors (Lipinski definition) is 5. The summed E-state index contributed by atoms with van der Waals surface area (Å²) in [6.07, 6.45) is 8.09. The Balaban J connectivity index is 1.31. The van der Waals surface area contributed by atoms with Crippen LogP contribution in [-0.4, -0.2) is 62.8 Å².